The number of ketones is 1. The van der Waals surface area contributed by atoms with Crippen LogP contribution in [0.4, 0.5) is 0 Å². The molecule has 1 aromatic carbocycles. The van der Waals surface area contributed by atoms with Gasteiger partial charge in [0.25, 0.3) is 0 Å². The van der Waals surface area contributed by atoms with Gasteiger partial charge >= 0.3 is 0 Å². The number of rotatable bonds is 9. The highest BCUT2D eigenvalue weighted by molar-refractivity contribution is 6.06. The molecule has 0 radical (unpaired) electrons. The summed E-state index contributed by atoms with van der Waals surface area (Å²) in [6, 6.07) is 8.40. The molecule has 1 fully saturated rings. The Bertz CT molecular complexity index is 1330. The first-order chi connectivity index (χ1) is 17.9. The lowest BCUT2D eigenvalue weighted by atomic mass is 9.77. The van der Waals surface area contributed by atoms with E-state index in [1.54, 1.807) is 6.92 Å². The highest BCUT2D eigenvalue weighted by Gasteiger charge is 2.26. The maximum Gasteiger partial charge on any atom is 0.176 e. The lowest BCUT2D eigenvalue weighted by Crippen LogP contribution is -2.17. The number of hydrogen-bond donors (Lipinski definition) is 0. The van der Waals surface area contributed by atoms with Crippen molar-refractivity contribution in [3.63, 3.8) is 0 Å². The maximum absolute atomic E-state index is 12.4. The average Bonchev–Trinajstić information content (AvgIpc) is 3.44. The fraction of sp³-hybridized carbons (Fsp3) is 0.471. The summed E-state index contributed by atoms with van der Waals surface area (Å²) in [4.78, 5) is 17.5. The molecule has 0 bridgehead atoms. The van der Waals surface area contributed by atoms with Crippen LogP contribution in [0, 0.1) is 11.8 Å². The van der Waals surface area contributed by atoms with E-state index in [1.807, 2.05) is 12.1 Å². The first-order valence-corrected chi connectivity index (χ1v) is 14.3. The molecule has 0 amide bonds. The van der Waals surface area contributed by atoms with E-state index >= 15 is 0 Å². The second kappa shape index (κ2) is 11.2. The van der Waals surface area contributed by atoms with Crippen LogP contribution >= 0.6 is 0 Å². The van der Waals surface area contributed by atoms with E-state index in [-0.39, 0.29) is 5.78 Å². The van der Waals surface area contributed by atoms with Gasteiger partial charge in [0.1, 0.15) is 0 Å². The molecular weight excluding hydrogens is 452 g/mol. The molecule has 3 heteroatoms. The number of carbonyl (C=O) groups is 1. The molecule has 0 saturated heterocycles. The van der Waals surface area contributed by atoms with E-state index in [4.69, 9.17) is 4.99 Å². The molecule has 1 aromatic heterocycles. The third-order valence-electron chi connectivity index (χ3n) is 8.73. The van der Waals surface area contributed by atoms with E-state index < -0.39 is 0 Å². The standard InChI is InChI=1S/C34H42N2O/c1-5-26-14-15-30-22-33(25(4)37)36(34(30)21-26)16-8-12-27-10-7-11-28(19-27)20-31-24(3)18-32(35-31)29-13-6-9-23(2)17-29/h5,13-15,17,21-22,27-28H,1,6-12,16,18-20H2,2-4H3. The topological polar surface area (TPSA) is 34.4 Å². The van der Waals surface area contributed by atoms with E-state index in [0.29, 0.717) is 0 Å². The molecule has 2 aromatic rings. The highest BCUT2D eigenvalue weighted by atomic mass is 16.1. The number of nitrogens with zero attached hydrogens (tertiary/aromatic N) is 2. The van der Waals surface area contributed by atoms with Crippen LogP contribution in [-0.4, -0.2) is 16.1 Å². The van der Waals surface area contributed by atoms with Crippen LogP contribution in [0.3, 0.4) is 0 Å². The second-order valence-electron chi connectivity index (χ2n) is 11.7. The van der Waals surface area contributed by atoms with Crippen molar-refractivity contribution in [1.82, 2.24) is 4.57 Å². The average molecular weight is 495 g/mol. The van der Waals surface area contributed by atoms with Gasteiger partial charge < -0.3 is 4.57 Å². The molecule has 0 N–H and O–H groups in total. The van der Waals surface area contributed by atoms with Crippen molar-refractivity contribution in [1.29, 1.82) is 0 Å². The summed E-state index contributed by atoms with van der Waals surface area (Å²) < 4.78 is 2.24. The molecule has 1 aliphatic heterocycles. The van der Waals surface area contributed by atoms with Gasteiger partial charge in [-0.1, -0.05) is 61.8 Å². The Kier molecular flexibility index (Phi) is 7.79. The number of carbonyl (C=O) groups excluding carboxylic acids is 1. The van der Waals surface area contributed by atoms with Gasteiger partial charge in [0.2, 0.25) is 0 Å². The minimum Gasteiger partial charge on any atom is -0.338 e. The molecule has 3 nitrogen and oxygen atoms in total. The largest absolute Gasteiger partial charge is 0.338 e. The minimum absolute atomic E-state index is 0.142. The molecule has 1 saturated carbocycles. The van der Waals surface area contributed by atoms with Gasteiger partial charge in [-0.3, -0.25) is 9.79 Å². The number of aryl methyl sites for hydroxylation is 1. The summed E-state index contributed by atoms with van der Waals surface area (Å²) in [5.41, 5.74) is 10.1. The van der Waals surface area contributed by atoms with Crippen molar-refractivity contribution >= 4 is 28.5 Å². The summed E-state index contributed by atoms with van der Waals surface area (Å²) in [7, 11) is 0. The summed E-state index contributed by atoms with van der Waals surface area (Å²) in [6.45, 7) is 11.0. The van der Waals surface area contributed by atoms with Crippen LogP contribution in [0.15, 0.2) is 70.4 Å². The predicted octanol–water partition coefficient (Wildman–Crippen LogP) is 9.25. The van der Waals surface area contributed by atoms with Gasteiger partial charge in [0.05, 0.1) is 11.4 Å². The Labute approximate surface area is 222 Å². The quantitative estimate of drug-likeness (QED) is 0.320. The molecule has 2 heterocycles. The summed E-state index contributed by atoms with van der Waals surface area (Å²) in [6.07, 6.45) is 18.8. The fourth-order valence-corrected chi connectivity index (χ4v) is 6.68. The Morgan fingerprint density at radius 3 is 2.81 bits per heavy atom. The van der Waals surface area contributed by atoms with Crippen molar-refractivity contribution < 1.29 is 4.79 Å². The van der Waals surface area contributed by atoms with Crippen LogP contribution < -0.4 is 0 Å². The zero-order chi connectivity index (χ0) is 25.9. The zero-order valence-corrected chi connectivity index (χ0v) is 23.0. The van der Waals surface area contributed by atoms with Gasteiger partial charge in [-0.15, -0.1) is 0 Å². The third kappa shape index (κ3) is 5.81. The number of aromatic nitrogens is 1. The number of aliphatic imine (C=N–C) groups is 1. The van der Waals surface area contributed by atoms with E-state index in [2.05, 4.69) is 55.3 Å². The summed E-state index contributed by atoms with van der Waals surface area (Å²) >= 11 is 0. The van der Waals surface area contributed by atoms with Crippen molar-refractivity contribution in [2.75, 3.05) is 0 Å². The van der Waals surface area contributed by atoms with E-state index in [1.165, 1.54) is 66.7 Å². The van der Waals surface area contributed by atoms with Crippen LogP contribution in [0.2, 0.25) is 0 Å². The van der Waals surface area contributed by atoms with E-state index in [0.717, 1.165) is 66.2 Å². The maximum atomic E-state index is 12.4. The number of hydrogen-bond acceptors (Lipinski definition) is 2. The molecule has 0 spiro atoms. The smallest absolute Gasteiger partial charge is 0.176 e. The third-order valence-corrected chi connectivity index (χ3v) is 8.73. The first kappa shape index (κ1) is 25.7. The highest BCUT2D eigenvalue weighted by Crippen LogP contribution is 2.38. The van der Waals surface area contributed by atoms with Crippen LogP contribution in [0.1, 0.15) is 101 Å². The Hall–Kier alpha value is -2.94. The lowest BCUT2D eigenvalue weighted by Gasteiger charge is -2.29. The van der Waals surface area contributed by atoms with Gasteiger partial charge in [-0.2, -0.15) is 0 Å². The predicted molar refractivity (Wildman–Crippen MR) is 157 cm³/mol. The van der Waals surface area contributed by atoms with E-state index in [9.17, 15) is 4.79 Å². The second-order valence-corrected chi connectivity index (χ2v) is 11.7. The SMILES string of the molecule is C=Cc1ccc2cc(C(C)=O)n(CCCC3CCCC(CC4=C(C)CC(C5=CCCC(C)=C5)=N4)C3)c2c1. The molecule has 2 unspecified atom stereocenters. The molecule has 2 atom stereocenters. The minimum atomic E-state index is 0.142. The molecular formula is C34H42N2O. The van der Waals surface area contributed by atoms with Gasteiger partial charge in [-0.25, -0.2) is 0 Å². The van der Waals surface area contributed by atoms with Gasteiger partial charge in [0, 0.05) is 36.5 Å². The molecule has 3 aliphatic rings. The van der Waals surface area contributed by atoms with Crippen molar-refractivity contribution in [2.45, 2.75) is 91.5 Å². The molecule has 2 aliphatic carbocycles. The lowest BCUT2D eigenvalue weighted by molar-refractivity contribution is 0.100. The molecule has 194 valence electrons. The normalized spacial score (nSPS) is 22.2. The van der Waals surface area contributed by atoms with Crippen molar-refractivity contribution in [3.05, 3.63) is 76.7 Å². The number of fused-ring (bicyclic) bond motifs is 1. The van der Waals surface area contributed by atoms with Gasteiger partial charge in [-0.05, 0) is 93.1 Å². The monoisotopic (exact) mass is 494 g/mol. The molecule has 37 heavy (non-hydrogen) atoms. The van der Waals surface area contributed by atoms with Crippen LogP contribution in [0.25, 0.3) is 17.0 Å². The van der Waals surface area contributed by atoms with Crippen molar-refractivity contribution in [2.24, 2.45) is 16.8 Å². The Balaban J connectivity index is 1.19. The number of benzene rings is 1. The molecule has 5 rings (SSSR count). The van der Waals surface area contributed by atoms with Crippen LogP contribution in [-0.2, 0) is 6.54 Å². The fourth-order valence-electron chi connectivity index (χ4n) is 6.68. The Morgan fingerprint density at radius 2 is 2.03 bits per heavy atom. The van der Waals surface area contributed by atoms with Crippen LogP contribution in [0.5, 0.6) is 0 Å². The first-order valence-electron chi connectivity index (χ1n) is 14.3. The van der Waals surface area contributed by atoms with Crippen molar-refractivity contribution in [3.8, 4) is 0 Å². The number of allylic oxidation sites excluding steroid dienone is 6. The van der Waals surface area contributed by atoms with Gasteiger partial charge in [0.15, 0.2) is 5.78 Å². The summed E-state index contributed by atoms with van der Waals surface area (Å²) in [5, 5.41) is 1.14. The number of Topliss-reactive ketones (excluding diaryl/α,β-unsaturated/α-hetero) is 1. The Morgan fingerprint density at radius 1 is 1.19 bits per heavy atom. The summed E-state index contributed by atoms with van der Waals surface area (Å²) in [5.74, 6) is 1.67. The zero-order valence-electron chi connectivity index (χ0n) is 23.0.